The molecule has 2 aromatic carbocycles. The summed E-state index contributed by atoms with van der Waals surface area (Å²) in [6, 6.07) is 13.7. The maximum absolute atomic E-state index is 12.5. The van der Waals surface area contributed by atoms with Crippen LogP contribution in [0.5, 0.6) is 0 Å². The van der Waals surface area contributed by atoms with Crippen molar-refractivity contribution in [1.82, 2.24) is 15.2 Å². The highest BCUT2D eigenvalue weighted by Gasteiger charge is 2.35. The number of anilines is 1. The van der Waals surface area contributed by atoms with Crippen LogP contribution in [-0.4, -0.2) is 34.3 Å². The van der Waals surface area contributed by atoms with Crippen molar-refractivity contribution in [3.63, 3.8) is 0 Å². The highest BCUT2D eigenvalue weighted by atomic mass is 35.5. The van der Waals surface area contributed by atoms with Crippen LogP contribution in [0.2, 0.25) is 10.0 Å². The molecule has 4 amide bonds. The number of benzene rings is 2. The lowest BCUT2D eigenvalue weighted by molar-refractivity contribution is -0.127. The van der Waals surface area contributed by atoms with Gasteiger partial charge in [0.05, 0.1) is 0 Å². The van der Waals surface area contributed by atoms with E-state index in [4.69, 9.17) is 23.2 Å². The minimum atomic E-state index is -0.650. The monoisotopic (exact) mass is 486 g/mol. The normalized spacial score (nSPS) is 14.7. The fraction of sp³-hybridized carbons (Fsp3) is 0.0909. The summed E-state index contributed by atoms with van der Waals surface area (Å²) in [6.45, 7) is -0.425. The molecular weight excluding hydrogens is 471 g/mol. The van der Waals surface area contributed by atoms with Crippen LogP contribution in [0, 0.1) is 0 Å². The van der Waals surface area contributed by atoms with Crippen LogP contribution in [0.25, 0.3) is 6.08 Å². The van der Waals surface area contributed by atoms with Crippen molar-refractivity contribution in [3.8, 4) is 0 Å². The molecule has 0 bridgehead atoms. The maximum Gasteiger partial charge on any atom is 0.329 e. The first kappa shape index (κ1) is 22.0. The molecule has 4 rings (SSSR count). The van der Waals surface area contributed by atoms with Crippen molar-refractivity contribution in [1.29, 1.82) is 0 Å². The van der Waals surface area contributed by atoms with E-state index in [1.54, 1.807) is 42.6 Å². The van der Waals surface area contributed by atoms with Crippen LogP contribution in [0.4, 0.5) is 9.93 Å². The molecule has 0 saturated carbocycles. The number of carbonyl (C=O) groups excluding carboxylic acids is 3. The first-order valence-corrected chi connectivity index (χ1v) is 11.0. The number of carbonyl (C=O) groups is 3. The van der Waals surface area contributed by atoms with Gasteiger partial charge in [-0.15, -0.1) is 11.3 Å². The highest BCUT2D eigenvalue weighted by Crippen LogP contribution is 2.27. The van der Waals surface area contributed by atoms with Crippen molar-refractivity contribution < 1.29 is 14.4 Å². The molecule has 10 heteroatoms. The summed E-state index contributed by atoms with van der Waals surface area (Å²) in [7, 11) is 0. The van der Waals surface area contributed by atoms with E-state index in [1.165, 1.54) is 11.3 Å². The topological polar surface area (TPSA) is 91.4 Å². The van der Waals surface area contributed by atoms with Crippen LogP contribution < -0.4 is 10.6 Å². The number of hydrogen-bond acceptors (Lipinski definition) is 5. The van der Waals surface area contributed by atoms with Gasteiger partial charge in [0.2, 0.25) is 5.91 Å². The summed E-state index contributed by atoms with van der Waals surface area (Å²) in [6.07, 6.45) is 3.70. The van der Waals surface area contributed by atoms with Crippen LogP contribution in [0.3, 0.4) is 0 Å². The molecule has 1 aliphatic rings. The Morgan fingerprint density at radius 2 is 1.94 bits per heavy atom. The second-order valence-electron chi connectivity index (χ2n) is 6.88. The summed E-state index contributed by atoms with van der Waals surface area (Å²) in [5, 5.41) is 6.64. The fourth-order valence-corrected chi connectivity index (χ4v) is 4.28. The van der Waals surface area contributed by atoms with Gasteiger partial charge in [-0.1, -0.05) is 53.5 Å². The van der Waals surface area contributed by atoms with E-state index in [0.717, 1.165) is 20.9 Å². The van der Waals surface area contributed by atoms with Gasteiger partial charge in [-0.05, 0) is 35.4 Å². The van der Waals surface area contributed by atoms with E-state index >= 15 is 0 Å². The molecule has 0 aliphatic carbocycles. The Morgan fingerprint density at radius 3 is 2.72 bits per heavy atom. The molecule has 0 spiro atoms. The number of hydrogen-bond donors (Lipinski definition) is 2. The number of rotatable bonds is 6. The Hall–Kier alpha value is -3.20. The number of nitrogens with one attached hydrogen (secondary N) is 2. The van der Waals surface area contributed by atoms with E-state index < -0.39 is 24.4 Å². The third kappa shape index (κ3) is 5.16. The molecule has 7 nitrogen and oxygen atoms in total. The Labute approximate surface area is 197 Å². The predicted octanol–water partition coefficient (Wildman–Crippen LogP) is 4.57. The molecule has 1 saturated heterocycles. The second kappa shape index (κ2) is 9.52. The summed E-state index contributed by atoms with van der Waals surface area (Å²) in [5.41, 5.74) is 1.72. The zero-order valence-electron chi connectivity index (χ0n) is 16.5. The van der Waals surface area contributed by atoms with Crippen molar-refractivity contribution >= 4 is 63.6 Å². The van der Waals surface area contributed by atoms with Crippen LogP contribution in [0.1, 0.15) is 16.0 Å². The third-order valence-corrected chi connectivity index (χ3v) is 6.06. The average molecular weight is 487 g/mol. The molecule has 32 heavy (non-hydrogen) atoms. The molecule has 2 N–H and O–H groups in total. The fourth-order valence-electron chi connectivity index (χ4n) is 3.05. The van der Waals surface area contributed by atoms with Crippen LogP contribution in [-0.2, 0) is 16.0 Å². The van der Waals surface area contributed by atoms with E-state index in [9.17, 15) is 14.4 Å². The molecule has 1 fully saturated rings. The van der Waals surface area contributed by atoms with Gasteiger partial charge in [0.25, 0.3) is 5.91 Å². The number of nitrogens with zero attached hydrogens (tertiary/aromatic N) is 2. The minimum Gasteiger partial charge on any atom is -0.303 e. The van der Waals surface area contributed by atoms with Crippen LogP contribution >= 0.6 is 34.5 Å². The summed E-state index contributed by atoms with van der Waals surface area (Å²) in [5.74, 6) is -1.10. The predicted molar refractivity (Wildman–Crippen MR) is 125 cm³/mol. The molecule has 2 heterocycles. The van der Waals surface area contributed by atoms with E-state index in [1.807, 2.05) is 18.2 Å². The molecule has 3 aromatic rings. The number of amides is 4. The third-order valence-electron chi connectivity index (χ3n) is 4.55. The minimum absolute atomic E-state index is 0.115. The lowest BCUT2D eigenvalue weighted by Gasteiger charge is -2.10. The zero-order chi connectivity index (χ0) is 22.7. The number of halogens is 2. The average Bonchev–Trinajstić information content (AvgIpc) is 3.30. The Morgan fingerprint density at radius 1 is 1.16 bits per heavy atom. The zero-order valence-corrected chi connectivity index (χ0v) is 18.8. The highest BCUT2D eigenvalue weighted by molar-refractivity contribution is 7.15. The van der Waals surface area contributed by atoms with Crippen molar-refractivity contribution in [2.24, 2.45) is 0 Å². The quantitative estimate of drug-likeness (QED) is 0.394. The summed E-state index contributed by atoms with van der Waals surface area (Å²) >= 11 is 13.5. The molecule has 0 radical (unpaired) electrons. The Bertz CT molecular complexity index is 1230. The van der Waals surface area contributed by atoms with Gasteiger partial charge in [-0.25, -0.2) is 14.7 Å². The Balaban J connectivity index is 1.38. The van der Waals surface area contributed by atoms with Crippen LogP contribution in [0.15, 0.2) is 60.4 Å². The molecular formula is C22H16Cl2N4O3S. The maximum atomic E-state index is 12.5. The van der Waals surface area contributed by atoms with E-state index in [2.05, 4.69) is 15.6 Å². The molecule has 1 aromatic heterocycles. The number of urea groups is 1. The largest absolute Gasteiger partial charge is 0.329 e. The lowest BCUT2D eigenvalue weighted by atomic mass is 10.1. The Kier molecular flexibility index (Phi) is 6.55. The SMILES string of the molecule is O=C(CN1C(=O)N/C(=C\c2ccccc2)C1=O)Nc1ncc(Cc2cc(Cl)ccc2Cl)s1. The standard InChI is InChI=1S/C22H16Cl2N4O3S/c23-15-6-7-17(24)14(9-15)10-16-11-25-21(32-16)27-19(29)12-28-20(30)18(26-22(28)31)8-13-4-2-1-3-5-13/h1-9,11H,10,12H2,(H,26,31)(H,25,27,29)/b18-8-. The van der Waals surface area contributed by atoms with Gasteiger partial charge >= 0.3 is 6.03 Å². The molecule has 0 unspecified atom stereocenters. The van der Waals surface area contributed by atoms with Crippen molar-refractivity contribution in [2.75, 3.05) is 11.9 Å². The molecule has 0 atom stereocenters. The number of thiazole rings is 1. The molecule has 1 aliphatic heterocycles. The van der Waals surface area contributed by atoms with Gasteiger partial charge in [0, 0.05) is 27.5 Å². The van der Waals surface area contributed by atoms with Gasteiger partial charge in [0.15, 0.2) is 5.13 Å². The van der Waals surface area contributed by atoms with E-state index in [-0.39, 0.29) is 5.70 Å². The van der Waals surface area contributed by atoms with Gasteiger partial charge < -0.3 is 10.6 Å². The van der Waals surface area contributed by atoms with E-state index in [0.29, 0.717) is 21.6 Å². The summed E-state index contributed by atoms with van der Waals surface area (Å²) < 4.78 is 0. The van der Waals surface area contributed by atoms with Gasteiger partial charge in [-0.3, -0.25) is 9.59 Å². The number of imide groups is 1. The summed E-state index contributed by atoms with van der Waals surface area (Å²) in [4.78, 5) is 43.0. The number of aromatic nitrogens is 1. The smallest absolute Gasteiger partial charge is 0.303 e. The van der Waals surface area contributed by atoms with Gasteiger partial charge in [-0.2, -0.15) is 0 Å². The lowest BCUT2D eigenvalue weighted by Crippen LogP contribution is -2.38. The van der Waals surface area contributed by atoms with Crippen molar-refractivity contribution in [3.05, 3.63) is 86.5 Å². The first-order valence-electron chi connectivity index (χ1n) is 9.47. The van der Waals surface area contributed by atoms with Gasteiger partial charge in [0.1, 0.15) is 12.2 Å². The van der Waals surface area contributed by atoms with Crippen molar-refractivity contribution in [2.45, 2.75) is 6.42 Å². The first-order chi connectivity index (χ1) is 15.4. The second-order valence-corrected chi connectivity index (χ2v) is 8.84. The molecule has 162 valence electrons.